The van der Waals surface area contributed by atoms with Crippen LogP contribution in [0, 0.1) is 5.82 Å². The second-order valence-electron chi connectivity index (χ2n) is 7.41. The van der Waals surface area contributed by atoms with Crippen LogP contribution >= 0.6 is 0 Å². The van der Waals surface area contributed by atoms with E-state index in [1.165, 1.54) is 12.1 Å². The van der Waals surface area contributed by atoms with Gasteiger partial charge in [-0.05, 0) is 36.4 Å². The molecule has 0 aliphatic carbocycles. The summed E-state index contributed by atoms with van der Waals surface area (Å²) in [4.78, 5) is 22.8. The van der Waals surface area contributed by atoms with Crippen molar-refractivity contribution in [2.24, 2.45) is 0 Å². The van der Waals surface area contributed by atoms with Crippen LogP contribution in [-0.4, -0.2) is 45.1 Å². The summed E-state index contributed by atoms with van der Waals surface area (Å²) in [7, 11) is 0. The third kappa shape index (κ3) is 3.94. The van der Waals surface area contributed by atoms with Gasteiger partial charge in [-0.15, -0.1) is 0 Å². The second kappa shape index (κ2) is 8.58. The molecule has 1 amide bonds. The summed E-state index contributed by atoms with van der Waals surface area (Å²) in [5.74, 6) is 0.530. The fraction of sp³-hybridized carbons (Fsp3) is 0.167. The number of benzene rings is 2. The average molecular weight is 430 g/mol. The van der Waals surface area contributed by atoms with Gasteiger partial charge in [-0.25, -0.2) is 4.39 Å². The summed E-state index contributed by atoms with van der Waals surface area (Å²) in [6.07, 6.45) is 3.74. The molecule has 0 N–H and O–H groups in total. The van der Waals surface area contributed by atoms with Gasteiger partial charge >= 0.3 is 0 Å². The number of nitrogens with zero attached hydrogens (tertiary/aromatic N) is 4. The van der Waals surface area contributed by atoms with Gasteiger partial charge in [-0.3, -0.25) is 9.78 Å². The van der Waals surface area contributed by atoms with E-state index < -0.39 is 5.82 Å². The van der Waals surface area contributed by atoms with Crippen molar-refractivity contribution in [2.45, 2.75) is 12.5 Å². The minimum atomic E-state index is -0.520. The maximum Gasteiger partial charge on any atom is 0.262 e. The highest BCUT2D eigenvalue weighted by molar-refractivity contribution is 5.94. The van der Waals surface area contributed by atoms with Gasteiger partial charge in [0.1, 0.15) is 17.7 Å². The van der Waals surface area contributed by atoms with Gasteiger partial charge in [0.25, 0.3) is 11.8 Å². The number of halogens is 1. The summed E-state index contributed by atoms with van der Waals surface area (Å²) in [5.41, 5.74) is 1.54. The number of aromatic nitrogens is 3. The zero-order chi connectivity index (χ0) is 21.9. The van der Waals surface area contributed by atoms with Crippen LogP contribution < -0.4 is 4.74 Å². The van der Waals surface area contributed by atoms with Crippen LogP contribution in [0.15, 0.2) is 77.6 Å². The van der Waals surface area contributed by atoms with E-state index in [4.69, 9.17) is 9.26 Å². The van der Waals surface area contributed by atoms with Gasteiger partial charge in [0.2, 0.25) is 5.82 Å². The summed E-state index contributed by atoms with van der Waals surface area (Å²) in [6, 6.07) is 17.0. The van der Waals surface area contributed by atoms with Crippen LogP contribution in [0.25, 0.3) is 22.8 Å². The van der Waals surface area contributed by atoms with Gasteiger partial charge in [0, 0.05) is 30.9 Å². The number of carbonyl (C=O) groups is 1. The Morgan fingerprint density at radius 1 is 1.06 bits per heavy atom. The second-order valence-corrected chi connectivity index (χ2v) is 7.41. The topological polar surface area (TPSA) is 81.4 Å². The van der Waals surface area contributed by atoms with Crippen molar-refractivity contribution in [2.75, 3.05) is 13.1 Å². The minimum Gasteiger partial charge on any atom is -0.488 e. The predicted molar refractivity (Wildman–Crippen MR) is 114 cm³/mol. The first-order valence-corrected chi connectivity index (χ1v) is 10.2. The standard InChI is InChI=1S/C24H19FN4O3/c25-20-7-3-1-5-18(20)24(30)29-14-11-17(15-29)31-21-8-4-2-6-19(21)23-27-22(28-32-23)16-9-12-26-13-10-16/h1-10,12-13,17H,11,14-15H2. The molecule has 1 aliphatic heterocycles. The van der Waals surface area contributed by atoms with Crippen molar-refractivity contribution in [3.8, 4) is 28.6 Å². The van der Waals surface area contributed by atoms with Gasteiger partial charge in [-0.2, -0.15) is 4.98 Å². The quantitative estimate of drug-likeness (QED) is 0.471. The Hall–Kier alpha value is -4.07. The molecule has 0 spiro atoms. The molecule has 7 nitrogen and oxygen atoms in total. The predicted octanol–water partition coefficient (Wildman–Crippen LogP) is 4.23. The summed E-state index contributed by atoms with van der Waals surface area (Å²) in [5, 5.41) is 4.05. The number of hydrogen-bond acceptors (Lipinski definition) is 6. The molecule has 1 fully saturated rings. The lowest BCUT2D eigenvalue weighted by atomic mass is 10.2. The van der Waals surface area contributed by atoms with E-state index in [0.717, 1.165) is 5.56 Å². The molecule has 0 bridgehead atoms. The number of likely N-dealkylation sites (tertiary alicyclic amines) is 1. The Morgan fingerprint density at radius 3 is 2.69 bits per heavy atom. The van der Waals surface area contributed by atoms with E-state index in [9.17, 15) is 9.18 Å². The van der Waals surface area contributed by atoms with E-state index in [1.807, 2.05) is 24.3 Å². The Labute approximate surface area is 183 Å². The molecule has 5 rings (SSSR count). The van der Waals surface area contributed by atoms with Crippen molar-refractivity contribution >= 4 is 5.91 Å². The fourth-order valence-electron chi connectivity index (χ4n) is 3.69. The molecular formula is C24H19FN4O3. The monoisotopic (exact) mass is 430 g/mol. The SMILES string of the molecule is O=C(c1ccccc1F)N1CCC(Oc2ccccc2-c2nc(-c3ccncc3)no2)C1. The van der Waals surface area contributed by atoms with Gasteiger partial charge < -0.3 is 14.2 Å². The molecule has 160 valence electrons. The lowest BCUT2D eigenvalue weighted by Gasteiger charge is -2.18. The lowest BCUT2D eigenvalue weighted by Crippen LogP contribution is -2.31. The van der Waals surface area contributed by atoms with E-state index in [1.54, 1.807) is 41.6 Å². The summed E-state index contributed by atoms with van der Waals surface area (Å²) >= 11 is 0. The Morgan fingerprint density at radius 2 is 1.84 bits per heavy atom. The van der Waals surface area contributed by atoms with Crippen molar-refractivity contribution in [1.82, 2.24) is 20.0 Å². The number of ether oxygens (including phenoxy) is 1. The molecule has 4 aromatic rings. The first-order chi connectivity index (χ1) is 15.7. The molecular weight excluding hydrogens is 411 g/mol. The molecule has 32 heavy (non-hydrogen) atoms. The highest BCUT2D eigenvalue weighted by Gasteiger charge is 2.30. The maximum atomic E-state index is 14.0. The number of carbonyl (C=O) groups excluding carboxylic acids is 1. The molecule has 1 saturated heterocycles. The Kier molecular flexibility index (Phi) is 5.33. The van der Waals surface area contributed by atoms with Crippen LogP contribution in [0.2, 0.25) is 0 Å². The van der Waals surface area contributed by atoms with Crippen molar-refractivity contribution < 1.29 is 18.4 Å². The molecule has 1 atom stereocenters. The summed E-state index contributed by atoms with van der Waals surface area (Å²) < 4.78 is 25.7. The van der Waals surface area contributed by atoms with Crippen LogP contribution in [0.4, 0.5) is 4.39 Å². The number of amides is 1. The maximum absolute atomic E-state index is 14.0. The van der Waals surface area contributed by atoms with E-state index >= 15 is 0 Å². The van der Waals surface area contributed by atoms with E-state index in [-0.39, 0.29) is 17.6 Å². The van der Waals surface area contributed by atoms with Crippen LogP contribution in [0.1, 0.15) is 16.8 Å². The van der Waals surface area contributed by atoms with Gasteiger partial charge in [0.15, 0.2) is 0 Å². The number of para-hydroxylation sites is 1. The molecule has 0 saturated carbocycles. The lowest BCUT2D eigenvalue weighted by molar-refractivity contribution is 0.0768. The Bertz CT molecular complexity index is 1240. The van der Waals surface area contributed by atoms with Gasteiger partial charge in [-0.1, -0.05) is 29.4 Å². The highest BCUT2D eigenvalue weighted by Crippen LogP contribution is 2.32. The van der Waals surface area contributed by atoms with Crippen molar-refractivity contribution in [3.63, 3.8) is 0 Å². The Balaban J connectivity index is 1.32. The first-order valence-electron chi connectivity index (χ1n) is 10.2. The number of pyridine rings is 1. The molecule has 3 heterocycles. The van der Waals surface area contributed by atoms with Crippen LogP contribution in [0.3, 0.4) is 0 Å². The van der Waals surface area contributed by atoms with E-state index in [2.05, 4.69) is 15.1 Å². The van der Waals surface area contributed by atoms with Crippen LogP contribution in [-0.2, 0) is 0 Å². The molecule has 1 aliphatic rings. The minimum absolute atomic E-state index is 0.0723. The van der Waals surface area contributed by atoms with Gasteiger partial charge in [0.05, 0.1) is 17.7 Å². The molecule has 1 unspecified atom stereocenters. The zero-order valence-electron chi connectivity index (χ0n) is 17.0. The average Bonchev–Trinajstić information content (AvgIpc) is 3.50. The zero-order valence-corrected chi connectivity index (χ0v) is 17.0. The summed E-state index contributed by atoms with van der Waals surface area (Å²) in [6.45, 7) is 0.861. The highest BCUT2D eigenvalue weighted by atomic mass is 19.1. The van der Waals surface area contributed by atoms with Crippen molar-refractivity contribution in [3.05, 3.63) is 84.4 Å². The smallest absolute Gasteiger partial charge is 0.262 e. The largest absolute Gasteiger partial charge is 0.488 e. The van der Waals surface area contributed by atoms with Crippen molar-refractivity contribution in [1.29, 1.82) is 0 Å². The van der Waals surface area contributed by atoms with Crippen LogP contribution in [0.5, 0.6) is 5.75 Å². The van der Waals surface area contributed by atoms with E-state index in [0.29, 0.717) is 42.5 Å². The molecule has 2 aromatic carbocycles. The first kappa shape index (κ1) is 19.9. The third-order valence-electron chi connectivity index (χ3n) is 5.31. The normalized spacial score (nSPS) is 15.7. The molecule has 0 radical (unpaired) electrons. The number of hydrogen-bond donors (Lipinski definition) is 0. The molecule has 2 aromatic heterocycles. The number of rotatable bonds is 5. The fourth-order valence-corrected chi connectivity index (χ4v) is 3.69. The third-order valence-corrected chi connectivity index (χ3v) is 5.31. The molecule has 8 heteroatoms.